The molecule has 0 unspecified atom stereocenters. The molecule has 0 aliphatic carbocycles. The van der Waals surface area contributed by atoms with Crippen LogP contribution in [0.25, 0.3) is 11.3 Å². The number of nitrogens with two attached hydrogens (primary N) is 1. The van der Waals surface area contributed by atoms with Crippen LogP contribution in [0.2, 0.25) is 0 Å². The summed E-state index contributed by atoms with van der Waals surface area (Å²) in [5.74, 6) is 0.199. The summed E-state index contributed by atoms with van der Waals surface area (Å²) in [6.45, 7) is 2.64. The van der Waals surface area contributed by atoms with E-state index in [1.54, 1.807) is 0 Å². The monoisotopic (exact) mass is 409 g/mol. The molecule has 9 nitrogen and oxygen atoms in total. The van der Waals surface area contributed by atoms with Gasteiger partial charge in [0.15, 0.2) is 0 Å². The zero-order valence-electron chi connectivity index (χ0n) is 15.2. The summed E-state index contributed by atoms with van der Waals surface area (Å²) >= 11 is 0. The largest absolute Gasteiger partial charge is 0.417 e. The van der Waals surface area contributed by atoms with E-state index in [1.807, 2.05) is 4.90 Å². The van der Waals surface area contributed by atoms with Crippen LogP contribution in [-0.2, 0) is 10.9 Å². The summed E-state index contributed by atoms with van der Waals surface area (Å²) in [5, 5.41) is 2.65. The number of nitrogens with zero attached hydrogens (tertiary/aromatic N) is 5. The van der Waals surface area contributed by atoms with Crippen molar-refractivity contribution in [2.75, 3.05) is 54.9 Å². The van der Waals surface area contributed by atoms with Crippen molar-refractivity contribution in [1.29, 1.82) is 0 Å². The van der Waals surface area contributed by atoms with E-state index in [0.717, 1.165) is 12.3 Å². The van der Waals surface area contributed by atoms with Crippen molar-refractivity contribution in [2.45, 2.75) is 6.18 Å². The predicted octanol–water partition coefficient (Wildman–Crippen LogP) is 1.51. The number of halogens is 3. The molecule has 0 aromatic carbocycles. The lowest BCUT2D eigenvalue weighted by Crippen LogP contribution is -2.38. The number of anilines is 3. The molecule has 0 spiro atoms. The first-order chi connectivity index (χ1) is 13.8. The molecule has 4 heterocycles. The lowest BCUT2D eigenvalue weighted by Gasteiger charge is -2.28. The number of carbonyl (C=O) groups is 1. The fraction of sp³-hybridized carbons (Fsp3) is 0.412. The molecule has 0 atom stereocenters. The van der Waals surface area contributed by atoms with Gasteiger partial charge in [0.2, 0.25) is 5.95 Å². The lowest BCUT2D eigenvalue weighted by molar-refractivity contribution is -0.137. The highest BCUT2D eigenvalue weighted by Gasteiger charge is 2.35. The van der Waals surface area contributed by atoms with Crippen molar-refractivity contribution in [3.05, 3.63) is 23.9 Å². The smallest absolute Gasteiger partial charge is 0.384 e. The molecule has 29 heavy (non-hydrogen) atoms. The zero-order valence-corrected chi connectivity index (χ0v) is 15.2. The number of nitrogens with one attached hydrogen (secondary N) is 1. The Labute approximate surface area is 163 Å². The first-order valence-corrected chi connectivity index (χ1v) is 8.93. The van der Waals surface area contributed by atoms with Crippen molar-refractivity contribution >= 4 is 23.6 Å². The van der Waals surface area contributed by atoms with Gasteiger partial charge in [0.25, 0.3) is 0 Å². The van der Waals surface area contributed by atoms with Crippen LogP contribution < -0.4 is 20.9 Å². The number of pyridine rings is 1. The molecule has 2 amide bonds. The van der Waals surface area contributed by atoms with Crippen LogP contribution in [-0.4, -0.2) is 60.4 Å². The van der Waals surface area contributed by atoms with E-state index in [2.05, 4.69) is 20.3 Å². The van der Waals surface area contributed by atoms with E-state index in [4.69, 9.17) is 10.5 Å². The molecule has 2 aliphatic rings. The summed E-state index contributed by atoms with van der Waals surface area (Å²) < 4.78 is 46.1. The van der Waals surface area contributed by atoms with E-state index < -0.39 is 11.7 Å². The molecule has 12 heteroatoms. The standard InChI is InChI=1S/C17H18F3N7O2/c18-17(19,20)11-7-13(21)23-9-10(11)12-8-14(27-2-1-22-16(27)28)25-15(24-12)26-3-5-29-6-4-26/h7-9H,1-6H2,(H2,21,23)(H,22,28). The van der Waals surface area contributed by atoms with Crippen molar-refractivity contribution in [2.24, 2.45) is 0 Å². The highest BCUT2D eigenvalue weighted by atomic mass is 19.4. The second kappa shape index (κ2) is 7.35. The molecule has 2 fully saturated rings. The van der Waals surface area contributed by atoms with Gasteiger partial charge in [-0.3, -0.25) is 4.90 Å². The second-order valence-corrected chi connectivity index (χ2v) is 6.55. The van der Waals surface area contributed by atoms with Gasteiger partial charge in [0, 0.05) is 44.0 Å². The maximum atomic E-state index is 13.6. The normalized spacial score (nSPS) is 17.6. The van der Waals surface area contributed by atoms with E-state index >= 15 is 0 Å². The number of hydrogen-bond acceptors (Lipinski definition) is 7. The number of urea groups is 1. The number of alkyl halides is 3. The third kappa shape index (κ3) is 3.88. The fourth-order valence-electron chi connectivity index (χ4n) is 3.20. The Kier molecular flexibility index (Phi) is 4.86. The number of aromatic nitrogens is 3. The number of hydrogen-bond donors (Lipinski definition) is 2. The Balaban J connectivity index is 1.86. The fourth-order valence-corrected chi connectivity index (χ4v) is 3.20. The van der Waals surface area contributed by atoms with Crippen LogP contribution in [0.1, 0.15) is 5.56 Å². The van der Waals surface area contributed by atoms with E-state index in [-0.39, 0.29) is 34.9 Å². The summed E-state index contributed by atoms with van der Waals surface area (Å²) in [6.07, 6.45) is -3.61. The molecule has 0 radical (unpaired) electrons. The third-order valence-corrected chi connectivity index (χ3v) is 4.63. The minimum absolute atomic E-state index is 0.0102. The minimum Gasteiger partial charge on any atom is -0.384 e. The first-order valence-electron chi connectivity index (χ1n) is 8.93. The highest BCUT2D eigenvalue weighted by Crippen LogP contribution is 2.38. The Morgan fingerprint density at radius 1 is 1.14 bits per heavy atom. The van der Waals surface area contributed by atoms with Gasteiger partial charge < -0.3 is 20.7 Å². The van der Waals surface area contributed by atoms with Gasteiger partial charge >= 0.3 is 12.2 Å². The van der Waals surface area contributed by atoms with Crippen molar-refractivity contribution in [1.82, 2.24) is 20.3 Å². The summed E-state index contributed by atoms with van der Waals surface area (Å²) in [6, 6.07) is 1.76. The minimum atomic E-state index is -4.65. The van der Waals surface area contributed by atoms with Gasteiger partial charge in [0.1, 0.15) is 11.6 Å². The molecule has 2 aromatic heterocycles. The first kappa shape index (κ1) is 19.2. The number of carbonyl (C=O) groups excluding carboxylic acids is 1. The van der Waals surface area contributed by atoms with Gasteiger partial charge in [-0.25, -0.2) is 14.8 Å². The van der Waals surface area contributed by atoms with Crippen LogP contribution in [0.4, 0.5) is 35.5 Å². The van der Waals surface area contributed by atoms with Gasteiger partial charge in [-0.2, -0.15) is 18.2 Å². The lowest BCUT2D eigenvalue weighted by atomic mass is 10.1. The van der Waals surface area contributed by atoms with Crippen molar-refractivity contribution < 1.29 is 22.7 Å². The Bertz CT molecular complexity index is 932. The van der Waals surface area contributed by atoms with Crippen LogP contribution >= 0.6 is 0 Å². The molecule has 2 aliphatic heterocycles. The quantitative estimate of drug-likeness (QED) is 0.791. The van der Waals surface area contributed by atoms with Gasteiger partial charge in [0.05, 0.1) is 24.5 Å². The predicted molar refractivity (Wildman–Crippen MR) is 98.5 cm³/mol. The molecule has 0 saturated carbocycles. The van der Waals surface area contributed by atoms with Crippen LogP contribution in [0.15, 0.2) is 18.3 Å². The van der Waals surface area contributed by atoms with E-state index in [1.165, 1.54) is 11.0 Å². The van der Waals surface area contributed by atoms with E-state index in [0.29, 0.717) is 39.4 Å². The Morgan fingerprint density at radius 2 is 1.90 bits per heavy atom. The zero-order chi connectivity index (χ0) is 20.6. The topological polar surface area (TPSA) is 110 Å². The maximum Gasteiger partial charge on any atom is 0.417 e. The molecule has 2 aromatic rings. The Morgan fingerprint density at radius 3 is 2.55 bits per heavy atom. The van der Waals surface area contributed by atoms with Crippen LogP contribution in [0, 0.1) is 0 Å². The molecule has 154 valence electrons. The van der Waals surface area contributed by atoms with Crippen molar-refractivity contribution in [3.8, 4) is 11.3 Å². The summed E-state index contributed by atoms with van der Waals surface area (Å²) in [7, 11) is 0. The van der Waals surface area contributed by atoms with E-state index in [9.17, 15) is 18.0 Å². The molecule has 4 rings (SSSR count). The highest BCUT2D eigenvalue weighted by molar-refractivity contribution is 5.93. The Hall–Kier alpha value is -3.15. The number of rotatable bonds is 3. The van der Waals surface area contributed by atoms with Gasteiger partial charge in [-0.1, -0.05) is 0 Å². The van der Waals surface area contributed by atoms with Crippen LogP contribution in [0.3, 0.4) is 0 Å². The number of nitrogen functional groups attached to an aromatic ring is 1. The average molecular weight is 409 g/mol. The number of morpholine rings is 1. The van der Waals surface area contributed by atoms with Crippen LogP contribution in [0.5, 0.6) is 0 Å². The van der Waals surface area contributed by atoms with Crippen molar-refractivity contribution in [3.63, 3.8) is 0 Å². The SMILES string of the molecule is Nc1cc(C(F)(F)F)c(-c2cc(N3CCNC3=O)nc(N3CCOCC3)n2)cn1. The molecule has 3 N–H and O–H groups in total. The molecular formula is C17H18F3N7O2. The van der Waals surface area contributed by atoms with Gasteiger partial charge in [-0.05, 0) is 6.07 Å². The van der Waals surface area contributed by atoms with Gasteiger partial charge in [-0.15, -0.1) is 0 Å². The summed E-state index contributed by atoms with van der Waals surface area (Å²) in [5.41, 5.74) is 4.30. The third-order valence-electron chi connectivity index (χ3n) is 4.63. The second-order valence-electron chi connectivity index (χ2n) is 6.55. The molecule has 0 bridgehead atoms. The average Bonchev–Trinajstić information content (AvgIpc) is 3.13. The number of ether oxygens (including phenoxy) is 1. The number of amides is 2. The summed E-state index contributed by atoms with van der Waals surface area (Å²) in [4.78, 5) is 27.8. The molecular weight excluding hydrogens is 391 g/mol. The maximum absolute atomic E-state index is 13.6. The molecule has 2 saturated heterocycles.